The van der Waals surface area contributed by atoms with Gasteiger partial charge in [0.2, 0.25) is 0 Å². The Morgan fingerprint density at radius 2 is 2.31 bits per heavy atom. The zero-order valence-corrected chi connectivity index (χ0v) is 7.65. The first-order valence-electron chi connectivity index (χ1n) is 3.47. The maximum Gasteiger partial charge on any atom is 0.438 e. The molecule has 1 N–H and O–H groups in total. The van der Waals surface area contributed by atoms with Crippen LogP contribution in [0, 0.1) is 0 Å². The Morgan fingerprint density at radius 3 is 2.85 bits per heavy atom. The van der Waals surface area contributed by atoms with Crippen molar-refractivity contribution in [3.63, 3.8) is 0 Å². The predicted molar refractivity (Wildman–Crippen MR) is 48.1 cm³/mol. The molecule has 0 bridgehead atoms. The average molecular weight is 202 g/mol. The molecule has 5 heteroatoms. The fourth-order valence-electron chi connectivity index (χ4n) is 0.800. The van der Waals surface area contributed by atoms with Crippen molar-refractivity contribution in [1.82, 2.24) is 0 Å². The molecule has 0 aliphatic carbocycles. The number of carbonyl (C=O) groups is 1. The average Bonchev–Trinajstić information content (AvgIpc) is 2.15. The lowest BCUT2D eigenvalue weighted by molar-refractivity contribution is 0.141. The van der Waals surface area contributed by atoms with Gasteiger partial charge in [-0.25, -0.2) is 4.79 Å². The van der Waals surface area contributed by atoms with Crippen molar-refractivity contribution in [3.8, 4) is 0 Å². The lowest BCUT2D eigenvalue weighted by atomic mass is 10.3. The molecule has 0 aliphatic rings. The van der Waals surface area contributed by atoms with Crippen LogP contribution in [0.3, 0.4) is 0 Å². The largest absolute Gasteiger partial charge is 0.451 e. The van der Waals surface area contributed by atoms with E-state index in [9.17, 15) is 10.0 Å². The molecule has 13 heavy (non-hydrogen) atoms. The highest BCUT2D eigenvalue weighted by atomic mass is 35.5. The highest BCUT2D eigenvalue weighted by molar-refractivity contribution is 6.30. The molecule has 1 aromatic rings. The number of halogens is 1. The van der Waals surface area contributed by atoms with Crippen LogP contribution in [0.25, 0.3) is 0 Å². The molecule has 0 fully saturated rings. The summed E-state index contributed by atoms with van der Waals surface area (Å²) < 4.78 is 4.30. The van der Waals surface area contributed by atoms with Gasteiger partial charge in [-0.1, -0.05) is 17.7 Å². The van der Waals surface area contributed by atoms with E-state index in [1.54, 1.807) is 12.1 Å². The lowest BCUT2D eigenvalue weighted by Gasteiger charge is -2.12. The molecule has 1 amide bonds. The number of hydrogen-bond acceptors (Lipinski definition) is 3. The summed E-state index contributed by atoms with van der Waals surface area (Å²) in [7, 11) is 1.18. The minimum atomic E-state index is -0.859. The first-order chi connectivity index (χ1) is 6.15. The Kier molecular flexibility index (Phi) is 3.11. The summed E-state index contributed by atoms with van der Waals surface area (Å²) in [6.45, 7) is 0. The number of amides is 1. The van der Waals surface area contributed by atoms with Gasteiger partial charge in [-0.15, -0.1) is 0 Å². The topological polar surface area (TPSA) is 49.8 Å². The van der Waals surface area contributed by atoms with Gasteiger partial charge in [0.15, 0.2) is 0 Å². The van der Waals surface area contributed by atoms with Gasteiger partial charge in [-0.2, -0.15) is 5.06 Å². The number of ether oxygens (including phenoxy) is 1. The van der Waals surface area contributed by atoms with E-state index in [-0.39, 0.29) is 5.69 Å². The van der Waals surface area contributed by atoms with Crippen LogP contribution in [0.2, 0.25) is 5.02 Å². The van der Waals surface area contributed by atoms with Crippen molar-refractivity contribution < 1.29 is 14.7 Å². The SMILES string of the molecule is COC(=O)N(O)c1cccc(Cl)c1. The Hall–Kier alpha value is -1.26. The Balaban J connectivity index is 2.88. The van der Waals surface area contributed by atoms with Crippen molar-refractivity contribution in [1.29, 1.82) is 0 Å². The molecule has 0 heterocycles. The molecule has 0 spiro atoms. The number of hydroxylamine groups is 1. The maximum atomic E-state index is 10.8. The summed E-state index contributed by atoms with van der Waals surface area (Å²) in [5, 5.41) is 10.0. The highest BCUT2D eigenvalue weighted by Crippen LogP contribution is 2.18. The number of rotatable bonds is 1. The van der Waals surface area contributed by atoms with Gasteiger partial charge in [0.25, 0.3) is 0 Å². The minimum absolute atomic E-state index is 0.263. The van der Waals surface area contributed by atoms with Gasteiger partial charge in [0.05, 0.1) is 12.8 Å². The van der Waals surface area contributed by atoms with Gasteiger partial charge in [0, 0.05) is 5.02 Å². The maximum absolute atomic E-state index is 10.8. The Morgan fingerprint density at radius 1 is 1.62 bits per heavy atom. The van der Waals surface area contributed by atoms with Crippen LogP contribution < -0.4 is 5.06 Å². The summed E-state index contributed by atoms with van der Waals surface area (Å²) in [5.41, 5.74) is 0.263. The molecule has 0 atom stereocenters. The Labute approximate surface area is 80.2 Å². The molecule has 0 radical (unpaired) electrons. The van der Waals surface area contributed by atoms with Gasteiger partial charge in [-0.3, -0.25) is 5.21 Å². The van der Waals surface area contributed by atoms with E-state index in [0.29, 0.717) is 10.1 Å². The highest BCUT2D eigenvalue weighted by Gasteiger charge is 2.12. The first-order valence-corrected chi connectivity index (χ1v) is 3.85. The Bertz CT molecular complexity index is 316. The van der Waals surface area contributed by atoms with E-state index >= 15 is 0 Å². The molecule has 0 unspecified atom stereocenters. The fourth-order valence-corrected chi connectivity index (χ4v) is 0.984. The van der Waals surface area contributed by atoms with Gasteiger partial charge in [0.1, 0.15) is 0 Å². The smallest absolute Gasteiger partial charge is 0.438 e. The van der Waals surface area contributed by atoms with Gasteiger partial charge >= 0.3 is 6.09 Å². The van der Waals surface area contributed by atoms with Gasteiger partial charge in [-0.05, 0) is 18.2 Å². The van der Waals surface area contributed by atoms with Crippen LogP contribution in [0.1, 0.15) is 0 Å². The molecular formula is C8H8ClNO3. The third-order valence-corrected chi connectivity index (χ3v) is 1.64. The third kappa shape index (κ3) is 2.34. The van der Waals surface area contributed by atoms with E-state index in [1.807, 2.05) is 0 Å². The van der Waals surface area contributed by atoms with Crippen LogP contribution in [-0.2, 0) is 4.74 Å². The molecule has 1 rings (SSSR count). The molecule has 70 valence electrons. The predicted octanol–water partition coefficient (Wildman–Crippen LogP) is 2.30. The van der Waals surface area contributed by atoms with Crippen molar-refractivity contribution >= 4 is 23.4 Å². The van der Waals surface area contributed by atoms with Gasteiger partial charge < -0.3 is 4.74 Å². The minimum Gasteiger partial charge on any atom is -0.451 e. The molecule has 0 aromatic heterocycles. The summed E-state index contributed by atoms with van der Waals surface area (Å²) >= 11 is 5.65. The molecule has 4 nitrogen and oxygen atoms in total. The summed E-state index contributed by atoms with van der Waals surface area (Å²) in [5.74, 6) is 0. The monoisotopic (exact) mass is 201 g/mol. The standard InChI is InChI=1S/C8H8ClNO3/c1-13-8(11)10(12)7-4-2-3-6(9)5-7/h2-5,12H,1H3. The summed E-state index contributed by atoms with van der Waals surface area (Å²) in [4.78, 5) is 10.8. The van der Waals surface area contributed by atoms with Crippen molar-refractivity contribution in [2.45, 2.75) is 0 Å². The number of hydrogen-bond donors (Lipinski definition) is 1. The zero-order chi connectivity index (χ0) is 9.84. The van der Waals surface area contributed by atoms with Crippen molar-refractivity contribution in [2.24, 2.45) is 0 Å². The normalized spacial score (nSPS) is 9.46. The number of methoxy groups -OCH3 is 1. The second kappa shape index (κ2) is 4.11. The summed E-state index contributed by atoms with van der Waals surface area (Å²) in [6.07, 6.45) is -0.859. The van der Waals surface area contributed by atoms with E-state index in [4.69, 9.17) is 11.6 Å². The second-order valence-corrected chi connectivity index (χ2v) is 2.70. The molecule has 0 saturated heterocycles. The van der Waals surface area contributed by atoms with E-state index in [0.717, 1.165) is 0 Å². The molecule has 0 saturated carbocycles. The van der Waals surface area contributed by atoms with Crippen molar-refractivity contribution in [3.05, 3.63) is 29.3 Å². The molecule has 1 aromatic carbocycles. The van der Waals surface area contributed by atoms with Crippen LogP contribution in [-0.4, -0.2) is 18.4 Å². The zero-order valence-electron chi connectivity index (χ0n) is 6.90. The quantitative estimate of drug-likeness (QED) is 0.560. The third-order valence-electron chi connectivity index (χ3n) is 1.40. The molecule has 0 aliphatic heterocycles. The molecular weight excluding hydrogens is 194 g/mol. The number of carbonyl (C=O) groups excluding carboxylic acids is 1. The van der Waals surface area contributed by atoms with Crippen LogP contribution in [0.15, 0.2) is 24.3 Å². The van der Waals surface area contributed by atoms with Crippen LogP contribution in [0.4, 0.5) is 10.5 Å². The van der Waals surface area contributed by atoms with E-state index in [2.05, 4.69) is 4.74 Å². The first kappa shape index (κ1) is 9.83. The van der Waals surface area contributed by atoms with Crippen LogP contribution >= 0.6 is 11.6 Å². The second-order valence-electron chi connectivity index (χ2n) is 2.26. The van der Waals surface area contributed by atoms with Crippen LogP contribution in [0.5, 0.6) is 0 Å². The number of nitrogens with zero attached hydrogens (tertiary/aromatic N) is 1. The number of anilines is 1. The lowest BCUT2D eigenvalue weighted by Crippen LogP contribution is -2.26. The van der Waals surface area contributed by atoms with E-state index in [1.165, 1.54) is 19.2 Å². The fraction of sp³-hybridized carbons (Fsp3) is 0.125. The summed E-state index contributed by atoms with van der Waals surface area (Å²) in [6, 6.07) is 6.22. The number of benzene rings is 1. The van der Waals surface area contributed by atoms with E-state index < -0.39 is 6.09 Å². The van der Waals surface area contributed by atoms with Crippen molar-refractivity contribution in [2.75, 3.05) is 12.2 Å².